The van der Waals surface area contributed by atoms with Crippen molar-refractivity contribution in [2.45, 2.75) is 12.6 Å². The minimum Gasteiger partial charge on any atom is -0.490 e. The molecule has 1 unspecified atom stereocenters. The summed E-state index contributed by atoms with van der Waals surface area (Å²) in [4.78, 5) is 0. The fourth-order valence-corrected chi connectivity index (χ4v) is 2.30. The second-order valence-corrected chi connectivity index (χ2v) is 5.20. The molecule has 0 bridgehead atoms. The Balaban J connectivity index is 1.83. The summed E-state index contributed by atoms with van der Waals surface area (Å²) >= 11 is 0. The van der Waals surface area contributed by atoms with Gasteiger partial charge in [0.25, 0.3) is 0 Å². The summed E-state index contributed by atoms with van der Waals surface area (Å²) in [7, 11) is 0. The van der Waals surface area contributed by atoms with Gasteiger partial charge in [-0.2, -0.15) is 5.10 Å². The van der Waals surface area contributed by atoms with Crippen molar-refractivity contribution in [1.29, 1.82) is 0 Å². The average molecular weight is 297 g/mol. The number of aliphatic hydroxyl groups is 1. The Hall–Kier alpha value is -2.37. The summed E-state index contributed by atoms with van der Waals surface area (Å²) in [6.07, 6.45) is 1.31. The molecule has 22 heavy (non-hydrogen) atoms. The van der Waals surface area contributed by atoms with Crippen LogP contribution in [0, 0.1) is 0 Å². The van der Waals surface area contributed by atoms with E-state index >= 15 is 0 Å². The number of benzene rings is 2. The fraction of sp³-hybridized carbons (Fsp3) is 0.235. The maximum absolute atomic E-state index is 9.52. The molecule has 0 saturated heterocycles. The van der Waals surface area contributed by atoms with Crippen LogP contribution >= 0.6 is 0 Å². The lowest BCUT2D eigenvalue weighted by Crippen LogP contribution is -2.26. The third-order valence-corrected chi connectivity index (χ3v) is 3.45. The Morgan fingerprint density at radius 1 is 1.14 bits per heavy atom. The third-order valence-electron chi connectivity index (χ3n) is 3.45. The molecule has 5 nitrogen and oxygen atoms in total. The highest BCUT2D eigenvalue weighted by molar-refractivity contribution is 5.84. The van der Waals surface area contributed by atoms with Gasteiger partial charge in [-0.05, 0) is 17.7 Å². The first-order chi connectivity index (χ1) is 10.8. The Labute approximate surface area is 128 Å². The van der Waals surface area contributed by atoms with Gasteiger partial charge in [-0.25, -0.2) is 0 Å². The minimum atomic E-state index is -0.658. The summed E-state index contributed by atoms with van der Waals surface area (Å²) in [5, 5.41) is 15.0. The predicted octanol–water partition coefficient (Wildman–Crippen LogP) is 1.78. The molecule has 1 atom stereocenters. The van der Waals surface area contributed by atoms with Crippen LogP contribution in [0.2, 0.25) is 0 Å². The molecule has 1 heterocycles. The van der Waals surface area contributed by atoms with E-state index < -0.39 is 6.10 Å². The van der Waals surface area contributed by atoms with Gasteiger partial charge in [-0.1, -0.05) is 36.4 Å². The Kier molecular flexibility index (Phi) is 4.37. The lowest BCUT2D eigenvalue weighted by atomic mass is 10.2. The number of rotatable bonds is 6. The predicted molar refractivity (Wildman–Crippen MR) is 85.8 cm³/mol. The number of aliphatic hydroxyl groups excluding tert-OH is 1. The zero-order chi connectivity index (χ0) is 15.4. The van der Waals surface area contributed by atoms with E-state index in [0.717, 1.165) is 10.9 Å². The van der Waals surface area contributed by atoms with Crippen molar-refractivity contribution in [3.8, 4) is 5.75 Å². The van der Waals surface area contributed by atoms with E-state index in [2.05, 4.69) is 17.2 Å². The SMILES string of the molecule is NCC(O)COc1cccc2nn(Cc3ccccc3)cc12. The first kappa shape index (κ1) is 14.6. The lowest BCUT2D eigenvalue weighted by Gasteiger charge is -2.10. The molecule has 0 aliphatic rings. The van der Waals surface area contributed by atoms with Gasteiger partial charge in [0.15, 0.2) is 0 Å². The van der Waals surface area contributed by atoms with Crippen LogP contribution in [-0.4, -0.2) is 34.1 Å². The molecule has 2 aromatic carbocycles. The molecule has 0 spiro atoms. The minimum absolute atomic E-state index is 0.180. The van der Waals surface area contributed by atoms with Gasteiger partial charge in [-0.3, -0.25) is 4.68 Å². The average Bonchev–Trinajstić information content (AvgIpc) is 2.96. The van der Waals surface area contributed by atoms with E-state index in [1.54, 1.807) is 0 Å². The van der Waals surface area contributed by atoms with Gasteiger partial charge in [-0.15, -0.1) is 0 Å². The topological polar surface area (TPSA) is 73.3 Å². The van der Waals surface area contributed by atoms with Gasteiger partial charge in [0.05, 0.1) is 17.4 Å². The highest BCUT2D eigenvalue weighted by Crippen LogP contribution is 2.25. The molecule has 0 fully saturated rings. The molecule has 0 amide bonds. The molecule has 0 saturated carbocycles. The van der Waals surface area contributed by atoms with Crippen LogP contribution < -0.4 is 10.5 Å². The fourth-order valence-electron chi connectivity index (χ4n) is 2.30. The number of hydrogen-bond donors (Lipinski definition) is 2. The number of ether oxygens (including phenoxy) is 1. The molecule has 3 rings (SSSR count). The second kappa shape index (κ2) is 6.60. The first-order valence-electron chi connectivity index (χ1n) is 7.27. The Bertz CT molecular complexity index is 740. The molecular formula is C17H19N3O2. The van der Waals surface area contributed by atoms with E-state index in [9.17, 15) is 5.11 Å². The summed E-state index contributed by atoms with van der Waals surface area (Å²) in [5.74, 6) is 0.712. The van der Waals surface area contributed by atoms with E-state index in [0.29, 0.717) is 12.3 Å². The molecular weight excluding hydrogens is 278 g/mol. The monoisotopic (exact) mass is 297 g/mol. The van der Waals surface area contributed by atoms with Crippen molar-refractivity contribution in [2.75, 3.05) is 13.2 Å². The third kappa shape index (κ3) is 3.27. The van der Waals surface area contributed by atoms with Gasteiger partial charge in [0.2, 0.25) is 0 Å². The molecule has 1 aromatic heterocycles. The molecule has 3 N–H and O–H groups in total. The summed E-state index contributed by atoms with van der Waals surface area (Å²) in [6, 6.07) is 15.9. The molecule has 0 aliphatic carbocycles. The Morgan fingerprint density at radius 3 is 2.73 bits per heavy atom. The number of nitrogens with two attached hydrogens (primary N) is 1. The second-order valence-electron chi connectivity index (χ2n) is 5.20. The standard InChI is InChI=1S/C17H19N3O2/c18-9-14(21)12-22-17-8-4-7-16-15(17)11-20(19-16)10-13-5-2-1-3-6-13/h1-8,11,14,21H,9-10,12,18H2. The molecule has 5 heteroatoms. The van der Waals surface area contributed by atoms with Gasteiger partial charge >= 0.3 is 0 Å². The van der Waals surface area contributed by atoms with Crippen molar-refractivity contribution in [3.63, 3.8) is 0 Å². The Morgan fingerprint density at radius 2 is 1.95 bits per heavy atom. The summed E-state index contributed by atoms with van der Waals surface area (Å²) < 4.78 is 7.55. The van der Waals surface area contributed by atoms with Crippen LogP contribution in [0.5, 0.6) is 5.75 Å². The van der Waals surface area contributed by atoms with Crippen LogP contribution in [0.4, 0.5) is 0 Å². The zero-order valence-electron chi connectivity index (χ0n) is 12.2. The molecule has 114 valence electrons. The van der Waals surface area contributed by atoms with Crippen LogP contribution in [0.25, 0.3) is 10.9 Å². The highest BCUT2D eigenvalue weighted by atomic mass is 16.5. The van der Waals surface area contributed by atoms with Gasteiger partial charge in [0.1, 0.15) is 18.5 Å². The number of hydrogen-bond acceptors (Lipinski definition) is 4. The number of fused-ring (bicyclic) bond motifs is 1. The first-order valence-corrected chi connectivity index (χ1v) is 7.27. The van der Waals surface area contributed by atoms with Crippen LogP contribution in [0.3, 0.4) is 0 Å². The van der Waals surface area contributed by atoms with Crippen molar-refractivity contribution < 1.29 is 9.84 Å². The van der Waals surface area contributed by atoms with E-state index in [4.69, 9.17) is 10.5 Å². The van der Waals surface area contributed by atoms with E-state index in [1.807, 2.05) is 47.3 Å². The van der Waals surface area contributed by atoms with Crippen molar-refractivity contribution in [1.82, 2.24) is 9.78 Å². The van der Waals surface area contributed by atoms with E-state index in [-0.39, 0.29) is 13.2 Å². The molecule has 3 aromatic rings. The van der Waals surface area contributed by atoms with Gasteiger partial charge < -0.3 is 15.6 Å². The van der Waals surface area contributed by atoms with Crippen molar-refractivity contribution >= 4 is 10.9 Å². The highest BCUT2D eigenvalue weighted by Gasteiger charge is 2.09. The molecule has 0 radical (unpaired) electrons. The normalized spacial score (nSPS) is 12.5. The van der Waals surface area contributed by atoms with Crippen LogP contribution in [0.15, 0.2) is 54.7 Å². The maximum Gasteiger partial charge on any atom is 0.130 e. The van der Waals surface area contributed by atoms with Crippen molar-refractivity contribution in [3.05, 3.63) is 60.3 Å². The molecule has 0 aliphatic heterocycles. The summed E-state index contributed by atoms with van der Waals surface area (Å²) in [6.45, 7) is 1.07. The van der Waals surface area contributed by atoms with E-state index in [1.165, 1.54) is 5.56 Å². The maximum atomic E-state index is 9.52. The summed E-state index contributed by atoms with van der Waals surface area (Å²) in [5.41, 5.74) is 7.45. The largest absolute Gasteiger partial charge is 0.490 e. The number of aromatic nitrogens is 2. The lowest BCUT2D eigenvalue weighted by molar-refractivity contribution is 0.115. The van der Waals surface area contributed by atoms with Crippen LogP contribution in [0.1, 0.15) is 5.56 Å². The smallest absolute Gasteiger partial charge is 0.130 e. The quantitative estimate of drug-likeness (QED) is 0.727. The zero-order valence-corrected chi connectivity index (χ0v) is 12.2. The number of nitrogens with zero attached hydrogens (tertiary/aromatic N) is 2. The van der Waals surface area contributed by atoms with Gasteiger partial charge in [0, 0.05) is 12.7 Å². The van der Waals surface area contributed by atoms with Crippen molar-refractivity contribution in [2.24, 2.45) is 5.73 Å². The van der Waals surface area contributed by atoms with Crippen LogP contribution in [-0.2, 0) is 6.54 Å².